The predicted octanol–water partition coefficient (Wildman–Crippen LogP) is 1.25. The summed E-state index contributed by atoms with van der Waals surface area (Å²) < 4.78 is 9.77. The molecule has 0 aromatic carbocycles. The molecule has 0 spiro atoms. The molecule has 0 atom stereocenters. The van der Waals surface area contributed by atoms with Crippen LogP contribution in [0.2, 0.25) is 0 Å². The number of nitrogens with one attached hydrogen (secondary N) is 1. The summed E-state index contributed by atoms with van der Waals surface area (Å²) in [6, 6.07) is 0. The van der Waals surface area contributed by atoms with Gasteiger partial charge in [0.2, 0.25) is 5.91 Å². The van der Waals surface area contributed by atoms with Gasteiger partial charge in [0.15, 0.2) is 0 Å². The van der Waals surface area contributed by atoms with E-state index in [0.29, 0.717) is 0 Å². The van der Waals surface area contributed by atoms with E-state index in [1.54, 1.807) is 6.92 Å². The molecule has 1 heterocycles. The number of esters is 1. The Hall–Kier alpha value is -1.57. The van der Waals surface area contributed by atoms with Gasteiger partial charge in [-0.2, -0.15) is 0 Å². The van der Waals surface area contributed by atoms with Crippen molar-refractivity contribution in [3.05, 3.63) is 5.89 Å². The standard InChI is InChI=1S/C11H17N3O4S/c1-5-17-9(16)8-13-14-10(18-8)19-6-7(15)12-11(2,3)4/h5-6H2,1-4H3,(H,12,15). The minimum absolute atomic E-state index is 0.141. The molecule has 1 N–H and O–H groups in total. The minimum atomic E-state index is -0.666. The predicted molar refractivity (Wildman–Crippen MR) is 68.9 cm³/mol. The van der Waals surface area contributed by atoms with Crippen molar-refractivity contribution in [2.75, 3.05) is 12.4 Å². The van der Waals surface area contributed by atoms with Crippen molar-refractivity contribution in [1.82, 2.24) is 15.5 Å². The molecule has 1 aromatic heterocycles. The van der Waals surface area contributed by atoms with E-state index in [0.717, 1.165) is 11.8 Å². The van der Waals surface area contributed by atoms with E-state index in [4.69, 9.17) is 9.15 Å². The quantitative estimate of drug-likeness (QED) is 0.643. The van der Waals surface area contributed by atoms with Crippen LogP contribution < -0.4 is 5.32 Å². The second-order valence-electron chi connectivity index (χ2n) is 4.68. The van der Waals surface area contributed by atoms with Crippen LogP contribution in [0.25, 0.3) is 0 Å². The highest BCUT2D eigenvalue weighted by atomic mass is 32.2. The zero-order chi connectivity index (χ0) is 14.5. The summed E-state index contributed by atoms with van der Waals surface area (Å²) in [5.74, 6) is -0.878. The second kappa shape index (κ2) is 6.55. The van der Waals surface area contributed by atoms with Crippen molar-refractivity contribution in [3.8, 4) is 0 Å². The summed E-state index contributed by atoms with van der Waals surface area (Å²) in [6.07, 6.45) is 0. The van der Waals surface area contributed by atoms with Gasteiger partial charge in [-0.25, -0.2) is 4.79 Å². The molecular weight excluding hydrogens is 270 g/mol. The van der Waals surface area contributed by atoms with Gasteiger partial charge in [-0.05, 0) is 27.7 Å². The van der Waals surface area contributed by atoms with Crippen LogP contribution in [0.1, 0.15) is 38.4 Å². The van der Waals surface area contributed by atoms with E-state index in [2.05, 4.69) is 15.5 Å². The van der Waals surface area contributed by atoms with Crippen molar-refractivity contribution in [2.24, 2.45) is 0 Å². The van der Waals surface area contributed by atoms with Gasteiger partial charge in [-0.3, -0.25) is 4.79 Å². The van der Waals surface area contributed by atoms with Gasteiger partial charge >= 0.3 is 11.9 Å². The molecular formula is C11H17N3O4S. The van der Waals surface area contributed by atoms with Gasteiger partial charge in [0.25, 0.3) is 5.22 Å². The third kappa shape index (κ3) is 5.73. The molecule has 0 saturated heterocycles. The normalized spacial score (nSPS) is 11.2. The summed E-state index contributed by atoms with van der Waals surface area (Å²) in [5, 5.41) is 10.2. The number of thioether (sulfide) groups is 1. The molecule has 8 heteroatoms. The monoisotopic (exact) mass is 287 g/mol. The number of rotatable bonds is 5. The smallest absolute Gasteiger partial charge is 0.396 e. The second-order valence-corrected chi connectivity index (χ2v) is 5.61. The molecule has 0 unspecified atom stereocenters. The summed E-state index contributed by atoms with van der Waals surface area (Å²) in [4.78, 5) is 22.8. The molecule has 0 bridgehead atoms. The van der Waals surface area contributed by atoms with E-state index >= 15 is 0 Å². The van der Waals surface area contributed by atoms with E-state index < -0.39 is 5.97 Å². The lowest BCUT2D eigenvalue weighted by atomic mass is 10.1. The lowest BCUT2D eigenvalue weighted by molar-refractivity contribution is -0.119. The van der Waals surface area contributed by atoms with Gasteiger partial charge in [0, 0.05) is 5.54 Å². The molecule has 0 radical (unpaired) electrons. The van der Waals surface area contributed by atoms with Crippen LogP contribution in [-0.2, 0) is 9.53 Å². The number of amides is 1. The van der Waals surface area contributed by atoms with Gasteiger partial charge in [-0.15, -0.1) is 5.10 Å². The molecule has 0 saturated carbocycles. The van der Waals surface area contributed by atoms with Crippen LogP contribution in [0.15, 0.2) is 9.64 Å². The molecule has 1 aromatic rings. The Morgan fingerprint density at radius 3 is 2.63 bits per heavy atom. The Morgan fingerprint density at radius 1 is 1.37 bits per heavy atom. The third-order valence-electron chi connectivity index (χ3n) is 1.70. The zero-order valence-corrected chi connectivity index (χ0v) is 12.2. The summed E-state index contributed by atoms with van der Waals surface area (Å²) >= 11 is 1.07. The van der Waals surface area contributed by atoms with Gasteiger partial charge in [-0.1, -0.05) is 16.9 Å². The SMILES string of the molecule is CCOC(=O)c1nnc(SCC(=O)NC(C)(C)C)o1. The molecule has 0 aliphatic carbocycles. The van der Waals surface area contributed by atoms with Crippen LogP contribution >= 0.6 is 11.8 Å². The first-order valence-electron chi connectivity index (χ1n) is 5.76. The van der Waals surface area contributed by atoms with Crippen molar-refractivity contribution in [3.63, 3.8) is 0 Å². The van der Waals surface area contributed by atoms with E-state index in [1.165, 1.54) is 0 Å². The van der Waals surface area contributed by atoms with Crippen molar-refractivity contribution in [2.45, 2.75) is 38.5 Å². The van der Waals surface area contributed by atoms with Gasteiger partial charge in [0.05, 0.1) is 12.4 Å². The Kier molecular flexibility index (Phi) is 5.34. The first kappa shape index (κ1) is 15.5. The van der Waals surface area contributed by atoms with Crippen LogP contribution in [0.3, 0.4) is 0 Å². The lowest BCUT2D eigenvalue weighted by Crippen LogP contribution is -2.41. The first-order chi connectivity index (χ1) is 8.81. The number of hydrogen-bond donors (Lipinski definition) is 1. The Balaban J connectivity index is 2.46. The highest BCUT2D eigenvalue weighted by Crippen LogP contribution is 2.16. The maximum Gasteiger partial charge on any atom is 0.396 e. The van der Waals surface area contributed by atoms with Crippen LogP contribution in [0, 0.1) is 0 Å². The van der Waals surface area contributed by atoms with Crippen LogP contribution in [0.4, 0.5) is 0 Å². The number of nitrogens with zero attached hydrogens (tertiary/aromatic N) is 2. The largest absolute Gasteiger partial charge is 0.459 e. The molecule has 1 amide bonds. The Labute approximate surface area is 115 Å². The Morgan fingerprint density at radius 2 is 2.05 bits per heavy atom. The highest BCUT2D eigenvalue weighted by molar-refractivity contribution is 7.99. The first-order valence-corrected chi connectivity index (χ1v) is 6.75. The topological polar surface area (TPSA) is 94.3 Å². The summed E-state index contributed by atoms with van der Waals surface area (Å²) in [6.45, 7) is 7.59. The average Bonchev–Trinajstić information content (AvgIpc) is 2.73. The lowest BCUT2D eigenvalue weighted by Gasteiger charge is -2.19. The van der Waals surface area contributed by atoms with Gasteiger partial charge < -0.3 is 14.5 Å². The van der Waals surface area contributed by atoms with E-state index in [9.17, 15) is 9.59 Å². The molecule has 0 aliphatic rings. The van der Waals surface area contributed by atoms with Crippen molar-refractivity contribution < 1.29 is 18.7 Å². The molecule has 106 valence electrons. The summed E-state index contributed by atoms with van der Waals surface area (Å²) in [5.41, 5.74) is -0.289. The Bertz CT molecular complexity index is 453. The molecule has 7 nitrogen and oxygen atoms in total. The highest BCUT2D eigenvalue weighted by Gasteiger charge is 2.18. The number of aromatic nitrogens is 2. The van der Waals surface area contributed by atoms with Crippen molar-refractivity contribution >= 4 is 23.6 Å². The maximum atomic E-state index is 11.6. The molecule has 19 heavy (non-hydrogen) atoms. The van der Waals surface area contributed by atoms with Crippen LogP contribution in [-0.4, -0.2) is 40.0 Å². The fraction of sp³-hybridized carbons (Fsp3) is 0.636. The third-order valence-corrected chi connectivity index (χ3v) is 2.52. The number of carbonyl (C=O) groups excluding carboxylic acids is 2. The minimum Gasteiger partial charge on any atom is -0.459 e. The van der Waals surface area contributed by atoms with Crippen LogP contribution in [0.5, 0.6) is 0 Å². The average molecular weight is 287 g/mol. The molecule has 0 fully saturated rings. The zero-order valence-electron chi connectivity index (χ0n) is 11.3. The maximum absolute atomic E-state index is 11.6. The summed E-state index contributed by atoms with van der Waals surface area (Å²) in [7, 11) is 0. The van der Waals surface area contributed by atoms with E-state index in [1.807, 2.05) is 20.8 Å². The fourth-order valence-electron chi connectivity index (χ4n) is 1.13. The van der Waals surface area contributed by atoms with Crippen molar-refractivity contribution in [1.29, 1.82) is 0 Å². The number of carbonyl (C=O) groups is 2. The van der Waals surface area contributed by atoms with E-state index in [-0.39, 0.29) is 34.9 Å². The molecule has 1 rings (SSSR count). The van der Waals surface area contributed by atoms with Gasteiger partial charge in [0.1, 0.15) is 0 Å². The molecule has 0 aliphatic heterocycles. The number of ether oxygens (including phenoxy) is 1. The number of hydrogen-bond acceptors (Lipinski definition) is 7. The fourth-order valence-corrected chi connectivity index (χ4v) is 1.69.